The molecule has 2 heterocycles. The van der Waals surface area contributed by atoms with Gasteiger partial charge >= 0.3 is 0 Å². The van der Waals surface area contributed by atoms with Crippen LogP contribution in [0.2, 0.25) is 23.2 Å². The Morgan fingerprint density at radius 2 is 1.93 bits per heavy atom. The lowest BCUT2D eigenvalue weighted by Gasteiger charge is -2.58. The Hall–Kier alpha value is -2.14. The number of rotatable bonds is 6. The largest absolute Gasteiger partial charge is 0.542 e. The first kappa shape index (κ1) is 29.0. The monoisotopic (exact) mass is 661 g/mol. The molecule has 7 rings (SSSR count). The van der Waals surface area contributed by atoms with Crippen molar-refractivity contribution in [3.63, 3.8) is 0 Å². The lowest BCUT2D eigenvalue weighted by Crippen LogP contribution is -2.59. The Morgan fingerprint density at radius 3 is 2.56 bits per heavy atom. The topological polar surface area (TPSA) is 97.2 Å². The van der Waals surface area contributed by atoms with Crippen LogP contribution in [-0.4, -0.2) is 40.5 Å². The van der Waals surface area contributed by atoms with Gasteiger partial charge in [0.1, 0.15) is 11.6 Å². The average molecular weight is 663 g/mol. The Labute approximate surface area is 255 Å². The van der Waals surface area contributed by atoms with Gasteiger partial charge in [-0.3, -0.25) is 0 Å². The zero-order valence-corrected chi connectivity index (χ0v) is 27.5. The Morgan fingerprint density at radius 1 is 1.24 bits per heavy atom. The first-order chi connectivity index (χ1) is 19.1. The molecule has 4 saturated carbocycles. The molecule has 41 heavy (non-hydrogen) atoms. The van der Waals surface area contributed by atoms with Gasteiger partial charge in [0.15, 0.2) is 5.82 Å². The zero-order chi connectivity index (χ0) is 29.5. The van der Waals surface area contributed by atoms with Crippen molar-refractivity contribution in [2.75, 3.05) is 5.32 Å². The summed E-state index contributed by atoms with van der Waals surface area (Å²) in [5.74, 6) is 1.16. The molecule has 0 spiro atoms. The van der Waals surface area contributed by atoms with Crippen LogP contribution in [0.1, 0.15) is 58.4 Å². The number of amidine groups is 1. The molecule has 220 valence electrons. The summed E-state index contributed by atoms with van der Waals surface area (Å²) in [5.41, 5.74) is 8.62. The predicted molar refractivity (Wildman–Crippen MR) is 168 cm³/mol. The molecule has 4 N–H and O–H groups in total. The van der Waals surface area contributed by atoms with Gasteiger partial charge in [-0.2, -0.15) is 5.10 Å². The predicted octanol–water partition coefficient (Wildman–Crippen LogP) is 7.66. The molecular weight excluding hydrogens is 625 g/mol. The lowest BCUT2D eigenvalue weighted by molar-refractivity contribution is -0.129. The number of nitrogens with zero attached hydrogens (tertiary/aromatic N) is 3. The SMILES string of the molecule is CC(C)(C)[Si](C)(C)Oc1cc(Cl)c(N=C(N)c2cnn3cc(Br)cc3c2NC2C3CC4CC2CC(O)(C4)C3)cc1F. The van der Waals surface area contributed by atoms with Gasteiger partial charge in [-0.25, -0.2) is 13.9 Å². The highest BCUT2D eigenvalue weighted by molar-refractivity contribution is 9.10. The number of anilines is 1. The number of fused-ring (bicyclic) bond motifs is 1. The van der Waals surface area contributed by atoms with Crippen molar-refractivity contribution in [3.05, 3.63) is 51.5 Å². The van der Waals surface area contributed by atoms with Crippen LogP contribution >= 0.6 is 27.5 Å². The van der Waals surface area contributed by atoms with Gasteiger partial charge in [-0.15, -0.1) is 0 Å². The second-order valence-electron chi connectivity index (χ2n) is 13.9. The van der Waals surface area contributed by atoms with Crippen LogP contribution in [0.4, 0.5) is 15.8 Å². The van der Waals surface area contributed by atoms with E-state index in [1.165, 1.54) is 12.1 Å². The summed E-state index contributed by atoms with van der Waals surface area (Å²) >= 11 is 10.2. The van der Waals surface area contributed by atoms with Gasteiger partial charge in [0.05, 0.1) is 39.3 Å². The average Bonchev–Trinajstić information content (AvgIpc) is 3.23. The van der Waals surface area contributed by atoms with E-state index in [1.54, 1.807) is 10.7 Å². The first-order valence-electron chi connectivity index (χ1n) is 14.3. The number of aliphatic imine (C=N–C) groups is 1. The van der Waals surface area contributed by atoms with E-state index in [9.17, 15) is 5.11 Å². The highest BCUT2D eigenvalue weighted by Crippen LogP contribution is 2.56. The molecule has 7 nitrogen and oxygen atoms in total. The fourth-order valence-corrected chi connectivity index (χ4v) is 8.67. The molecule has 0 radical (unpaired) electrons. The van der Waals surface area contributed by atoms with Crippen LogP contribution in [0, 0.1) is 23.6 Å². The van der Waals surface area contributed by atoms with E-state index in [0.29, 0.717) is 23.3 Å². The second kappa shape index (κ2) is 9.96. The third-order valence-corrected chi connectivity index (χ3v) is 14.9. The number of nitrogens with two attached hydrogens (primary N) is 1. The van der Waals surface area contributed by atoms with Crippen LogP contribution < -0.4 is 15.5 Å². The first-order valence-corrected chi connectivity index (χ1v) is 18.4. The lowest BCUT2D eigenvalue weighted by atomic mass is 9.52. The van der Waals surface area contributed by atoms with Crippen molar-refractivity contribution < 1.29 is 13.9 Å². The van der Waals surface area contributed by atoms with Crippen LogP contribution in [-0.2, 0) is 0 Å². The molecule has 4 fully saturated rings. The van der Waals surface area contributed by atoms with Crippen LogP contribution in [0.15, 0.2) is 40.1 Å². The number of nitrogens with one attached hydrogen (secondary N) is 1. The van der Waals surface area contributed by atoms with Crippen molar-refractivity contribution in [1.82, 2.24) is 9.61 Å². The zero-order valence-electron chi connectivity index (χ0n) is 24.1. The fourth-order valence-electron chi connectivity index (χ4n) is 7.05. The summed E-state index contributed by atoms with van der Waals surface area (Å²) in [4.78, 5) is 4.58. The van der Waals surface area contributed by atoms with E-state index in [-0.39, 0.29) is 33.4 Å². The number of benzene rings is 1. The normalized spacial score (nSPS) is 28.0. The third kappa shape index (κ3) is 5.30. The van der Waals surface area contributed by atoms with Gasteiger partial charge in [-0.05, 0) is 90.0 Å². The van der Waals surface area contributed by atoms with E-state index in [1.807, 2.05) is 12.3 Å². The molecule has 2 unspecified atom stereocenters. The van der Waals surface area contributed by atoms with Crippen molar-refractivity contribution in [2.45, 2.75) is 82.7 Å². The molecule has 2 atom stereocenters. The molecule has 0 saturated heterocycles. The second-order valence-corrected chi connectivity index (χ2v) is 19.9. The quantitative estimate of drug-likeness (QED) is 0.143. The van der Waals surface area contributed by atoms with E-state index in [4.69, 9.17) is 21.8 Å². The van der Waals surface area contributed by atoms with E-state index in [2.05, 4.69) is 65.2 Å². The van der Waals surface area contributed by atoms with E-state index < -0.39 is 19.7 Å². The van der Waals surface area contributed by atoms with Gasteiger partial charge in [0, 0.05) is 28.8 Å². The van der Waals surface area contributed by atoms with Gasteiger partial charge < -0.3 is 20.6 Å². The number of aromatic nitrogens is 2. The van der Waals surface area contributed by atoms with E-state index in [0.717, 1.165) is 47.8 Å². The molecule has 0 aliphatic heterocycles. The minimum atomic E-state index is -2.27. The fraction of sp³-hybridized carbons (Fsp3) is 0.533. The summed E-state index contributed by atoms with van der Waals surface area (Å²) < 4.78 is 24.1. The number of hydrogen-bond acceptors (Lipinski definition) is 5. The van der Waals surface area contributed by atoms with E-state index >= 15 is 4.39 Å². The molecular formula is C30H38BrClFN5O2Si. The van der Waals surface area contributed by atoms with Crippen molar-refractivity contribution in [3.8, 4) is 5.75 Å². The highest BCUT2D eigenvalue weighted by atomic mass is 79.9. The third-order valence-electron chi connectivity index (χ3n) is 9.85. The molecule has 2 aromatic heterocycles. The smallest absolute Gasteiger partial charge is 0.250 e. The standard InChI is InChI=1S/C30H38BrClFN5O2Si/c1-29(2,3)41(4,5)40-25-9-21(32)23(10-22(25)33)36-28(34)20-14-35-38-15-19(31)8-24(38)27(20)37-26-17-6-16-7-18(26)13-30(39,11-16)12-17/h8-10,14-18,26,37,39H,6-7,11-13H2,1-5H3,(H2,34,36). The summed E-state index contributed by atoms with van der Waals surface area (Å²) in [5, 5.41) is 19.7. The Kier molecular flexibility index (Phi) is 7.03. The van der Waals surface area contributed by atoms with Crippen molar-refractivity contribution >= 4 is 58.6 Å². The molecule has 0 amide bonds. The maximum Gasteiger partial charge on any atom is 0.250 e. The van der Waals surface area contributed by atoms with Gasteiger partial charge in [-0.1, -0.05) is 32.4 Å². The summed E-state index contributed by atoms with van der Waals surface area (Å²) in [6.45, 7) is 10.4. The van der Waals surface area contributed by atoms with Crippen molar-refractivity contribution in [1.29, 1.82) is 0 Å². The molecule has 1 aromatic carbocycles. The summed E-state index contributed by atoms with van der Waals surface area (Å²) in [6, 6.07) is 4.98. The van der Waals surface area contributed by atoms with Crippen LogP contribution in [0.5, 0.6) is 5.75 Å². The van der Waals surface area contributed by atoms with Crippen LogP contribution in [0.25, 0.3) is 5.52 Å². The Balaban J connectivity index is 1.35. The molecule has 4 aliphatic carbocycles. The minimum Gasteiger partial charge on any atom is -0.542 e. The molecule has 4 bridgehead atoms. The van der Waals surface area contributed by atoms with Crippen LogP contribution in [0.3, 0.4) is 0 Å². The number of hydrogen-bond donors (Lipinski definition) is 3. The Bertz CT molecular complexity index is 1540. The number of halogens is 3. The minimum absolute atomic E-state index is 0.0922. The molecule has 4 aliphatic rings. The van der Waals surface area contributed by atoms with Gasteiger partial charge in [0.2, 0.25) is 0 Å². The van der Waals surface area contributed by atoms with Crippen molar-refractivity contribution in [2.24, 2.45) is 28.5 Å². The van der Waals surface area contributed by atoms with Gasteiger partial charge in [0.25, 0.3) is 8.32 Å². The molecule has 11 heteroatoms. The maximum absolute atomic E-state index is 15.3. The highest BCUT2D eigenvalue weighted by Gasteiger charge is 2.55. The molecule has 3 aromatic rings. The number of aliphatic hydroxyl groups is 1. The maximum atomic E-state index is 15.3. The summed E-state index contributed by atoms with van der Waals surface area (Å²) in [7, 11) is -2.27. The summed E-state index contributed by atoms with van der Waals surface area (Å²) in [6.07, 6.45) is 8.40.